The number of anilines is 1. The lowest BCUT2D eigenvalue weighted by atomic mass is 9.98. The van der Waals surface area contributed by atoms with Crippen LogP contribution in [0.2, 0.25) is 0 Å². The molecule has 3 rings (SSSR count). The number of carbonyl (C=O) groups is 3. The zero-order valence-corrected chi connectivity index (χ0v) is 22.2. The average Bonchev–Trinajstić information content (AvgIpc) is 2.84. The van der Waals surface area contributed by atoms with Crippen LogP contribution in [-0.4, -0.2) is 39.6 Å². The number of alkyl carbamates (subject to hydrolysis) is 1. The summed E-state index contributed by atoms with van der Waals surface area (Å²) >= 11 is 0. The van der Waals surface area contributed by atoms with Gasteiger partial charge in [0.1, 0.15) is 17.4 Å². The van der Waals surface area contributed by atoms with E-state index in [9.17, 15) is 19.5 Å². The van der Waals surface area contributed by atoms with Crippen LogP contribution in [0.5, 0.6) is 5.75 Å². The highest BCUT2D eigenvalue weighted by Gasteiger charge is 2.38. The molecule has 38 heavy (non-hydrogen) atoms. The van der Waals surface area contributed by atoms with E-state index in [-0.39, 0.29) is 17.2 Å². The number of benzene rings is 3. The third kappa shape index (κ3) is 6.83. The summed E-state index contributed by atoms with van der Waals surface area (Å²) in [6.45, 7) is 8.59. The van der Waals surface area contributed by atoms with Gasteiger partial charge >= 0.3 is 6.09 Å². The molecule has 198 valence electrons. The van der Waals surface area contributed by atoms with Crippen molar-refractivity contribution in [2.75, 3.05) is 5.32 Å². The maximum absolute atomic E-state index is 13.7. The van der Waals surface area contributed by atoms with Crippen molar-refractivity contribution in [2.45, 2.75) is 52.3 Å². The van der Waals surface area contributed by atoms with Crippen LogP contribution in [0.4, 0.5) is 10.5 Å². The van der Waals surface area contributed by atoms with E-state index in [0.717, 1.165) is 15.7 Å². The Morgan fingerprint density at radius 1 is 0.974 bits per heavy atom. The van der Waals surface area contributed by atoms with Gasteiger partial charge in [0.15, 0.2) is 6.04 Å². The topological polar surface area (TPSA) is 108 Å². The molecule has 0 heterocycles. The van der Waals surface area contributed by atoms with Gasteiger partial charge in [-0.3, -0.25) is 14.5 Å². The molecule has 2 unspecified atom stereocenters. The van der Waals surface area contributed by atoms with Crippen molar-refractivity contribution < 1.29 is 24.2 Å². The lowest BCUT2D eigenvalue weighted by molar-refractivity contribution is -0.137. The molecule has 0 aromatic heterocycles. The molecule has 3 aromatic carbocycles. The Kier molecular flexibility index (Phi) is 8.64. The van der Waals surface area contributed by atoms with Crippen LogP contribution in [0.1, 0.15) is 46.2 Å². The zero-order chi connectivity index (χ0) is 28.0. The summed E-state index contributed by atoms with van der Waals surface area (Å²) in [5, 5.41) is 17.9. The Labute approximate surface area is 223 Å². The molecule has 0 saturated heterocycles. The molecule has 0 fully saturated rings. The second kappa shape index (κ2) is 11.7. The fraction of sp³-hybridized carbons (Fsp3) is 0.300. The van der Waals surface area contributed by atoms with Crippen LogP contribution < -0.4 is 10.6 Å². The first-order valence-corrected chi connectivity index (χ1v) is 12.3. The van der Waals surface area contributed by atoms with Crippen LogP contribution in [0, 0.1) is 18.4 Å². The third-order valence-corrected chi connectivity index (χ3v) is 5.74. The number of amides is 3. The molecule has 3 N–H and O–H groups in total. The Morgan fingerprint density at radius 2 is 1.61 bits per heavy atom. The predicted molar refractivity (Wildman–Crippen MR) is 147 cm³/mol. The number of ether oxygens (including phenoxy) is 1. The fourth-order valence-corrected chi connectivity index (χ4v) is 3.96. The van der Waals surface area contributed by atoms with Crippen LogP contribution in [-0.2, 0) is 14.3 Å². The van der Waals surface area contributed by atoms with E-state index in [1.54, 1.807) is 58.9 Å². The van der Waals surface area contributed by atoms with E-state index in [1.165, 1.54) is 12.1 Å². The van der Waals surface area contributed by atoms with Crippen molar-refractivity contribution in [3.8, 4) is 18.2 Å². The quantitative estimate of drug-likeness (QED) is 0.296. The first kappa shape index (κ1) is 28.1. The van der Waals surface area contributed by atoms with Crippen LogP contribution in [0.3, 0.4) is 0 Å². The number of nitrogens with zero attached hydrogens (tertiary/aromatic N) is 1. The normalized spacial score (nSPS) is 12.8. The van der Waals surface area contributed by atoms with Crippen LogP contribution >= 0.6 is 0 Å². The molecule has 0 aliphatic carbocycles. The van der Waals surface area contributed by atoms with Crippen molar-refractivity contribution in [3.05, 3.63) is 72.3 Å². The number of phenols is 1. The summed E-state index contributed by atoms with van der Waals surface area (Å²) in [4.78, 5) is 40.8. The molecule has 0 radical (unpaired) electrons. The molecular weight excluding hydrogens is 482 g/mol. The van der Waals surface area contributed by atoms with Gasteiger partial charge < -0.3 is 20.5 Å². The highest BCUT2D eigenvalue weighted by atomic mass is 16.6. The highest BCUT2D eigenvalue weighted by Crippen LogP contribution is 2.31. The fourth-order valence-electron chi connectivity index (χ4n) is 3.96. The van der Waals surface area contributed by atoms with Gasteiger partial charge in [-0.2, -0.15) is 0 Å². The lowest BCUT2D eigenvalue weighted by Crippen LogP contribution is -2.53. The maximum atomic E-state index is 13.7. The second-order valence-corrected chi connectivity index (χ2v) is 10.2. The van der Waals surface area contributed by atoms with Gasteiger partial charge in [0, 0.05) is 17.3 Å². The largest absolute Gasteiger partial charge is 0.508 e. The Morgan fingerprint density at radius 3 is 2.21 bits per heavy atom. The van der Waals surface area contributed by atoms with E-state index in [4.69, 9.17) is 11.2 Å². The third-order valence-electron chi connectivity index (χ3n) is 5.74. The lowest BCUT2D eigenvalue weighted by Gasteiger charge is -2.32. The van der Waals surface area contributed by atoms with Gasteiger partial charge in [-0.05, 0) is 55.7 Å². The van der Waals surface area contributed by atoms with Crippen molar-refractivity contribution >= 4 is 34.4 Å². The molecule has 0 aliphatic rings. The van der Waals surface area contributed by atoms with Crippen LogP contribution in [0.15, 0.2) is 66.7 Å². The Hall–Kier alpha value is -4.51. The number of fused-ring (bicyclic) bond motifs is 1. The van der Waals surface area contributed by atoms with Crippen molar-refractivity contribution in [3.63, 3.8) is 0 Å². The molecule has 8 heteroatoms. The monoisotopic (exact) mass is 515 g/mol. The van der Waals surface area contributed by atoms with E-state index in [2.05, 4.69) is 16.7 Å². The molecule has 3 amide bonds. The predicted octanol–water partition coefficient (Wildman–Crippen LogP) is 5.19. The Bertz CT molecular complexity index is 1370. The van der Waals surface area contributed by atoms with E-state index in [1.807, 2.05) is 30.3 Å². The summed E-state index contributed by atoms with van der Waals surface area (Å²) < 4.78 is 5.32. The van der Waals surface area contributed by atoms with Gasteiger partial charge in [0.05, 0.1) is 0 Å². The molecule has 0 aliphatic heterocycles. The van der Waals surface area contributed by atoms with Crippen molar-refractivity contribution in [1.29, 1.82) is 0 Å². The number of hydrogen-bond donors (Lipinski definition) is 3. The van der Waals surface area contributed by atoms with E-state index >= 15 is 0 Å². The number of hydrogen-bond acceptors (Lipinski definition) is 5. The molecule has 0 spiro atoms. The summed E-state index contributed by atoms with van der Waals surface area (Å²) in [5.41, 5.74) is -0.152. The molecule has 3 aromatic rings. The SMILES string of the molecule is C#CN(C(=O)C(NC(=O)OC(C)(C)C)C(C)C)C(C(=O)Nc1ccc2ccccc2c1)c1ccccc1O. The number of carbonyl (C=O) groups excluding carboxylic acids is 3. The highest BCUT2D eigenvalue weighted by molar-refractivity contribution is 6.01. The average molecular weight is 516 g/mol. The number of nitrogens with one attached hydrogen (secondary N) is 2. The van der Waals surface area contributed by atoms with Gasteiger partial charge in [-0.15, -0.1) is 0 Å². The first-order chi connectivity index (χ1) is 17.9. The molecular formula is C30H33N3O5. The van der Waals surface area contributed by atoms with Gasteiger partial charge in [0.2, 0.25) is 0 Å². The van der Waals surface area contributed by atoms with Gasteiger partial charge in [-0.1, -0.05) is 68.8 Å². The minimum atomic E-state index is -1.39. The maximum Gasteiger partial charge on any atom is 0.408 e. The summed E-state index contributed by atoms with van der Waals surface area (Å²) in [5.74, 6) is -1.93. The number of rotatable bonds is 7. The van der Waals surface area contributed by atoms with Gasteiger partial charge in [0.25, 0.3) is 11.8 Å². The summed E-state index contributed by atoms with van der Waals surface area (Å²) in [6.07, 6.45) is 5.00. The number of terminal acetylenes is 1. The molecule has 0 bridgehead atoms. The van der Waals surface area contributed by atoms with Crippen molar-refractivity contribution in [2.24, 2.45) is 5.92 Å². The zero-order valence-electron chi connectivity index (χ0n) is 22.2. The summed E-state index contributed by atoms with van der Waals surface area (Å²) in [7, 11) is 0. The minimum Gasteiger partial charge on any atom is -0.508 e. The molecule has 0 saturated carbocycles. The van der Waals surface area contributed by atoms with Crippen LogP contribution in [0.25, 0.3) is 10.8 Å². The smallest absolute Gasteiger partial charge is 0.408 e. The standard InChI is InChI=1S/C30H33N3O5/c1-7-33(28(36)25(19(2)3)32-29(37)38-30(4,5)6)26(23-14-10-11-15-24(23)34)27(35)31-22-17-16-20-12-8-9-13-21(20)18-22/h1,8-19,25-26,34H,2-6H3,(H,31,35)(H,32,37). The minimum absolute atomic E-state index is 0.136. The molecule has 2 atom stereocenters. The number of phenolic OH excluding ortho intramolecular Hbond substituents is 1. The second-order valence-electron chi connectivity index (χ2n) is 10.2. The molecule has 8 nitrogen and oxygen atoms in total. The first-order valence-electron chi connectivity index (χ1n) is 12.3. The summed E-state index contributed by atoms with van der Waals surface area (Å²) in [6, 6.07) is 19.1. The number of aromatic hydroxyl groups is 1. The Balaban J connectivity index is 1.98. The van der Waals surface area contributed by atoms with E-state index in [0.29, 0.717) is 5.69 Å². The van der Waals surface area contributed by atoms with E-state index < -0.39 is 35.6 Å². The number of para-hydroxylation sites is 1. The van der Waals surface area contributed by atoms with Crippen molar-refractivity contribution in [1.82, 2.24) is 10.2 Å². The van der Waals surface area contributed by atoms with Gasteiger partial charge in [-0.25, -0.2) is 4.79 Å².